The van der Waals surface area contributed by atoms with Gasteiger partial charge in [0.1, 0.15) is 5.82 Å². The molecule has 1 aliphatic heterocycles. The number of aromatic nitrogens is 2. The monoisotopic (exact) mass is 345 g/mol. The van der Waals surface area contributed by atoms with Gasteiger partial charge in [-0.25, -0.2) is 4.98 Å². The Kier molecular flexibility index (Phi) is 5.16. The molecule has 4 rings (SSSR count). The number of aryl methyl sites for hydroxylation is 1. The second-order valence-electron chi connectivity index (χ2n) is 7.48. The molecule has 0 spiro atoms. The molecule has 0 radical (unpaired) electrons. The van der Waals surface area contributed by atoms with E-state index in [0.29, 0.717) is 0 Å². The lowest BCUT2D eigenvalue weighted by Crippen LogP contribution is -2.34. The highest BCUT2D eigenvalue weighted by Crippen LogP contribution is 2.24. The third-order valence-corrected chi connectivity index (χ3v) is 5.40. The average molecular weight is 345 g/mol. The molecular formula is C23H27N3. The molecule has 0 amide bonds. The van der Waals surface area contributed by atoms with Crippen LogP contribution in [0.2, 0.25) is 0 Å². The first-order valence-corrected chi connectivity index (χ1v) is 9.62. The summed E-state index contributed by atoms with van der Waals surface area (Å²) < 4.78 is 2.33. The van der Waals surface area contributed by atoms with Crippen LogP contribution in [0.15, 0.2) is 67.0 Å². The maximum Gasteiger partial charge on any atom is 0.139 e. The van der Waals surface area contributed by atoms with Crippen LogP contribution in [0.3, 0.4) is 0 Å². The van der Waals surface area contributed by atoms with Crippen molar-refractivity contribution in [3.05, 3.63) is 78.1 Å². The van der Waals surface area contributed by atoms with Crippen LogP contribution in [0, 0.1) is 12.8 Å². The fourth-order valence-corrected chi connectivity index (χ4v) is 3.98. The number of hydrogen-bond donors (Lipinski definition) is 0. The first-order valence-electron chi connectivity index (χ1n) is 9.62. The molecular weight excluding hydrogens is 318 g/mol. The van der Waals surface area contributed by atoms with Crippen LogP contribution in [-0.4, -0.2) is 27.5 Å². The van der Waals surface area contributed by atoms with E-state index in [-0.39, 0.29) is 0 Å². The van der Waals surface area contributed by atoms with Crippen molar-refractivity contribution in [2.75, 3.05) is 13.1 Å². The van der Waals surface area contributed by atoms with E-state index in [0.717, 1.165) is 24.8 Å². The number of hydrogen-bond acceptors (Lipinski definition) is 2. The van der Waals surface area contributed by atoms with E-state index in [1.807, 2.05) is 6.20 Å². The van der Waals surface area contributed by atoms with Crippen LogP contribution in [0.1, 0.15) is 24.0 Å². The first kappa shape index (κ1) is 17.0. The SMILES string of the molecule is Cc1cccc(CN2CCC(Cn3ccnc3-c3ccccc3)CC2)c1. The van der Waals surface area contributed by atoms with Gasteiger partial charge in [-0.2, -0.15) is 0 Å². The number of nitrogens with zero attached hydrogens (tertiary/aromatic N) is 3. The number of imidazole rings is 1. The van der Waals surface area contributed by atoms with Crippen LogP contribution in [0.4, 0.5) is 0 Å². The molecule has 2 aromatic carbocycles. The lowest BCUT2D eigenvalue weighted by atomic mass is 9.96. The van der Waals surface area contributed by atoms with Gasteiger partial charge in [-0.05, 0) is 44.3 Å². The van der Waals surface area contributed by atoms with Crippen molar-refractivity contribution in [1.29, 1.82) is 0 Å². The zero-order chi connectivity index (χ0) is 17.8. The molecule has 0 saturated carbocycles. The summed E-state index contributed by atoms with van der Waals surface area (Å²) >= 11 is 0. The molecule has 3 aromatic rings. The van der Waals surface area contributed by atoms with E-state index in [1.54, 1.807) is 0 Å². The first-order chi connectivity index (χ1) is 12.8. The fraction of sp³-hybridized carbons (Fsp3) is 0.348. The lowest BCUT2D eigenvalue weighted by molar-refractivity contribution is 0.167. The van der Waals surface area contributed by atoms with Crippen LogP contribution in [-0.2, 0) is 13.1 Å². The molecule has 26 heavy (non-hydrogen) atoms. The van der Waals surface area contributed by atoms with Gasteiger partial charge in [-0.15, -0.1) is 0 Å². The molecule has 1 aliphatic rings. The van der Waals surface area contributed by atoms with Crippen LogP contribution in [0.5, 0.6) is 0 Å². The number of rotatable bonds is 5. The van der Waals surface area contributed by atoms with Crippen molar-refractivity contribution in [2.24, 2.45) is 5.92 Å². The van der Waals surface area contributed by atoms with Crippen molar-refractivity contribution < 1.29 is 0 Å². The Morgan fingerprint density at radius 2 is 1.81 bits per heavy atom. The summed E-state index contributed by atoms with van der Waals surface area (Å²) in [5.41, 5.74) is 3.99. The molecule has 3 heteroatoms. The number of piperidine rings is 1. The van der Waals surface area contributed by atoms with Gasteiger partial charge < -0.3 is 4.57 Å². The maximum atomic E-state index is 4.58. The standard InChI is InChI=1S/C23H27N3/c1-19-6-5-7-21(16-19)17-25-13-10-20(11-14-25)18-26-15-12-24-23(26)22-8-3-2-4-9-22/h2-9,12,15-16,20H,10-11,13-14,17-18H2,1H3. The quantitative estimate of drug-likeness (QED) is 0.664. The van der Waals surface area contributed by atoms with Crippen molar-refractivity contribution in [3.63, 3.8) is 0 Å². The Morgan fingerprint density at radius 1 is 1.00 bits per heavy atom. The summed E-state index contributed by atoms with van der Waals surface area (Å²) in [5.74, 6) is 1.83. The van der Waals surface area contributed by atoms with Gasteiger partial charge in [-0.1, -0.05) is 60.2 Å². The van der Waals surface area contributed by atoms with Crippen LogP contribution < -0.4 is 0 Å². The highest BCUT2D eigenvalue weighted by Gasteiger charge is 2.20. The average Bonchev–Trinajstić information content (AvgIpc) is 3.12. The largest absolute Gasteiger partial charge is 0.331 e. The van der Waals surface area contributed by atoms with Gasteiger partial charge >= 0.3 is 0 Å². The minimum Gasteiger partial charge on any atom is -0.331 e. The summed E-state index contributed by atoms with van der Waals surface area (Å²) in [7, 11) is 0. The third kappa shape index (κ3) is 4.05. The van der Waals surface area contributed by atoms with E-state index in [2.05, 4.69) is 82.2 Å². The van der Waals surface area contributed by atoms with Gasteiger partial charge in [0, 0.05) is 31.0 Å². The molecule has 0 aliphatic carbocycles. The van der Waals surface area contributed by atoms with E-state index >= 15 is 0 Å². The molecule has 0 bridgehead atoms. The molecule has 0 unspecified atom stereocenters. The van der Waals surface area contributed by atoms with E-state index < -0.39 is 0 Å². The third-order valence-electron chi connectivity index (χ3n) is 5.40. The zero-order valence-corrected chi connectivity index (χ0v) is 15.5. The van der Waals surface area contributed by atoms with Crippen molar-refractivity contribution >= 4 is 0 Å². The molecule has 0 N–H and O–H groups in total. The van der Waals surface area contributed by atoms with Gasteiger partial charge in [-0.3, -0.25) is 4.90 Å². The molecule has 134 valence electrons. The highest BCUT2D eigenvalue weighted by molar-refractivity contribution is 5.55. The summed E-state index contributed by atoms with van der Waals surface area (Å²) in [4.78, 5) is 7.18. The Labute approximate surface area is 156 Å². The Hall–Kier alpha value is -2.39. The molecule has 1 fully saturated rings. The summed E-state index contributed by atoms with van der Waals surface area (Å²) in [5, 5.41) is 0. The number of likely N-dealkylation sites (tertiary alicyclic amines) is 1. The molecule has 1 saturated heterocycles. The Bertz CT molecular complexity index is 829. The molecule has 0 atom stereocenters. The normalized spacial score (nSPS) is 16.0. The van der Waals surface area contributed by atoms with Gasteiger partial charge in [0.05, 0.1) is 0 Å². The van der Waals surface area contributed by atoms with Crippen LogP contribution >= 0.6 is 0 Å². The minimum atomic E-state index is 0.737. The van der Waals surface area contributed by atoms with Crippen molar-refractivity contribution in [2.45, 2.75) is 32.9 Å². The topological polar surface area (TPSA) is 21.1 Å². The fourth-order valence-electron chi connectivity index (χ4n) is 3.98. The van der Waals surface area contributed by atoms with Gasteiger partial charge in [0.15, 0.2) is 0 Å². The van der Waals surface area contributed by atoms with Gasteiger partial charge in [0.25, 0.3) is 0 Å². The molecule has 3 nitrogen and oxygen atoms in total. The molecule has 1 aromatic heterocycles. The van der Waals surface area contributed by atoms with E-state index in [1.165, 1.54) is 42.6 Å². The van der Waals surface area contributed by atoms with Crippen molar-refractivity contribution in [3.8, 4) is 11.4 Å². The maximum absolute atomic E-state index is 4.58. The van der Waals surface area contributed by atoms with Gasteiger partial charge in [0.2, 0.25) is 0 Å². The smallest absolute Gasteiger partial charge is 0.139 e. The highest BCUT2D eigenvalue weighted by atomic mass is 15.1. The molecule has 2 heterocycles. The Balaban J connectivity index is 1.34. The van der Waals surface area contributed by atoms with Crippen molar-refractivity contribution in [1.82, 2.24) is 14.5 Å². The van der Waals surface area contributed by atoms with Crippen LogP contribution in [0.25, 0.3) is 11.4 Å². The Morgan fingerprint density at radius 3 is 2.58 bits per heavy atom. The predicted molar refractivity (Wildman–Crippen MR) is 107 cm³/mol. The van der Waals surface area contributed by atoms with E-state index in [9.17, 15) is 0 Å². The summed E-state index contributed by atoms with van der Waals surface area (Å²) in [6.07, 6.45) is 6.58. The second kappa shape index (κ2) is 7.88. The second-order valence-corrected chi connectivity index (χ2v) is 7.48. The summed E-state index contributed by atoms with van der Waals surface area (Å²) in [6.45, 7) is 6.70. The lowest BCUT2D eigenvalue weighted by Gasteiger charge is -2.32. The number of benzene rings is 2. The predicted octanol–water partition coefficient (Wildman–Crippen LogP) is 4.77. The summed E-state index contributed by atoms with van der Waals surface area (Å²) in [6, 6.07) is 19.4. The van der Waals surface area contributed by atoms with E-state index in [4.69, 9.17) is 0 Å². The zero-order valence-electron chi connectivity index (χ0n) is 15.5. The minimum absolute atomic E-state index is 0.737.